The van der Waals surface area contributed by atoms with Crippen molar-refractivity contribution in [1.29, 1.82) is 0 Å². The molecule has 1 N–H and O–H groups in total. The summed E-state index contributed by atoms with van der Waals surface area (Å²) in [5.74, 6) is 2.91. The summed E-state index contributed by atoms with van der Waals surface area (Å²) in [7, 11) is -2.87. The maximum absolute atomic E-state index is 11.5. The molecule has 2 heterocycles. The molecule has 7 heteroatoms. The van der Waals surface area contributed by atoms with Crippen LogP contribution in [0, 0.1) is 6.92 Å². The average molecular weight is 298 g/mol. The van der Waals surface area contributed by atoms with Gasteiger partial charge in [-0.1, -0.05) is 6.92 Å². The highest BCUT2D eigenvalue weighted by molar-refractivity contribution is 7.91. The highest BCUT2D eigenvalue weighted by Crippen LogP contribution is 2.25. The van der Waals surface area contributed by atoms with Gasteiger partial charge in [0.05, 0.1) is 11.5 Å². The molecule has 0 unspecified atom stereocenters. The van der Waals surface area contributed by atoms with Gasteiger partial charge in [0.25, 0.3) is 0 Å². The predicted molar refractivity (Wildman–Crippen MR) is 81.2 cm³/mol. The van der Waals surface area contributed by atoms with Crippen molar-refractivity contribution < 1.29 is 8.42 Å². The third-order valence-electron chi connectivity index (χ3n) is 3.47. The van der Waals surface area contributed by atoms with E-state index in [1.54, 1.807) is 0 Å². The van der Waals surface area contributed by atoms with Crippen molar-refractivity contribution in [2.45, 2.75) is 27.2 Å². The Kier molecular flexibility index (Phi) is 4.47. The third kappa shape index (κ3) is 3.20. The SMILES string of the molecule is CCNc1nc(CC)nc(N2CCS(=O)(=O)CC2)c1C. The summed E-state index contributed by atoms with van der Waals surface area (Å²) >= 11 is 0. The molecular weight excluding hydrogens is 276 g/mol. The maximum Gasteiger partial charge on any atom is 0.153 e. The normalized spacial score (nSPS) is 18.1. The van der Waals surface area contributed by atoms with Crippen LogP contribution in [0.5, 0.6) is 0 Å². The number of aryl methyl sites for hydroxylation is 1. The van der Waals surface area contributed by atoms with Crippen LogP contribution in [0.4, 0.5) is 11.6 Å². The Hall–Kier alpha value is -1.37. The second-order valence-electron chi connectivity index (χ2n) is 4.96. The topological polar surface area (TPSA) is 75.2 Å². The van der Waals surface area contributed by atoms with E-state index in [4.69, 9.17) is 0 Å². The first-order valence-electron chi connectivity index (χ1n) is 7.03. The van der Waals surface area contributed by atoms with Crippen molar-refractivity contribution in [1.82, 2.24) is 9.97 Å². The molecule has 0 bridgehead atoms. The van der Waals surface area contributed by atoms with Gasteiger partial charge in [0, 0.05) is 31.6 Å². The van der Waals surface area contributed by atoms with Gasteiger partial charge in [-0.2, -0.15) is 0 Å². The average Bonchev–Trinajstić information content (AvgIpc) is 2.42. The van der Waals surface area contributed by atoms with Gasteiger partial charge >= 0.3 is 0 Å². The summed E-state index contributed by atoms with van der Waals surface area (Å²) in [5.41, 5.74) is 0.989. The zero-order valence-electron chi connectivity index (χ0n) is 12.3. The van der Waals surface area contributed by atoms with Gasteiger partial charge in [0.1, 0.15) is 17.5 Å². The van der Waals surface area contributed by atoms with Crippen LogP contribution in [0.15, 0.2) is 0 Å². The molecule has 1 aromatic rings. The monoisotopic (exact) mass is 298 g/mol. The largest absolute Gasteiger partial charge is 0.370 e. The standard InChI is InChI=1S/C13H22N4O2S/c1-4-11-15-12(14-5-2)10(3)13(16-11)17-6-8-20(18,19)9-7-17/h4-9H2,1-3H3,(H,14,15,16). The second-order valence-corrected chi connectivity index (χ2v) is 7.26. The summed E-state index contributed by atoms with van der Waals surface area (Å²) in [6.07, 6.45) is 0.762. The Bertz CT molecular complexity index is 572. The Balaban J connectivity index is 2.33. The highest BCUT2D eigenvalue weighted by Gasteiger charge is 2.24. The molecule has 0 aliphatic carbocycles. The molecule has 0 saturated carbocycles. The molecule has 1 fully saturated rings. The number of aromatic nitrogens is 2. The Morgan fingerprint density at radius 3 is 2.40 bits per heavy atom. The molecule has 0 radical (unpaired) electrons. The fraction of sp³-hybridized carbons (Fsp3) is 0.692. The van der Waals surface area contributed by atoms with Gasteiger partial charge in [-0.15, -0.1) is 0 Å². The first-order chi connectivity index (χ1) is 9.46. The van der Waals surface area contributed by atoms with Gasteiger partial charge in [-0.05, 0) is 13.8 Å². The van der Waals surface area contributed by atoms with Crippen molar-refractivity contribution in [2.24, 2.45) is 0 Å². The zero-order valence-corrected chi connectivity index (χ0v) is 13.1. The molecule has 6 nitrogen and oxygen atoms in total. The van der Waals surface area contributed by atoms with E-state index in [0.717, 1.165) is 36.0 Å². The lowest BCUT2D eigenvalue weighted by atomic mass is 10.2. The van der Waals surface area contributed by atoms with Crippen LogP contribution in [-0.2, 0) is 16.3 Å². The number of rotatable bonds is 4. The Morgan fingerprint density at radius 2 is 1.85 bits per heavy atom. The van der Waals surface area contributed by atoms with Crippen LogP contribution in [-0.4, -0.2) is 49.5 Å². The third-order valence-corrected chi connectivity index (χ3v) is 5.08. The molecule has 0 aromatic carbocycles. The van der Waals surface area contributed by atoms with Gasteiger partial charge in [0.15, 0.2) is 9.84 Å². The lowest BCUT2D eigenvalue weighted by Crippen LogP contribution is -2.41. The summed E-state index contributed by atoms with van der Waals surface area (Å²) in [5, 5.41) is 3.25. The van der Waals surface area contributed by atoms with E-state index in [-0.39, 0.29) is 11.5 Å². The number of anilines is 2. The van der Waals surface area contributed by atoms with Gasteiger partial charge < -0.3 is 10.2 Å². The molecule has 1 aliphatic heterocycles. The number of hydrogen-bond acceptors (Lipinski definition) is 6. The van der Waals surface area contributed by atoms with Crippen molar-refractivity contribution in [3.8, 4) is 0 Å². The molecule has 0 spiro atoms. The minimum atomic E-state index is -2.87. The fourth-order valence-electron chi connectivity index (χ4n) is 2.28. The molecule has 1 aliphatic rings. The summed E-state index contributed by atoms with van der Waals surface area (Å²) < 4.78 is 23.1. The summed E-state index contributed by atoms with van der Waals surface area (Å²) in [6.45, 7) is 7.85. The van der Waals surface area contributed by atoms with Gasteiger partial charge in [0.2, 0.25) is 0 Å². The van der Waals surface area contributed by atoms with Crippen molar-refractivity contribution in [3.63, 3.8) is 0 Å². The fourth-order valence-corrected chi connectivity index (χ4v) is 3.48. The van der Waals surface area contributed by atoms with Crippen LogP contribution in [0.1, 0.15) is 25.2 Å². The number of sulfone groups is 1. The molecule has 112 valence electrons. The zero-order chi connectivity index (χ0) is 14.8. The van der Waals surface area contributed by atoms with Crippen molar-refractivity contribution >= 4 is 21.5 Å². The van der Waals surface area contributed by atoms with E-state index in [1.807, 2.05) is 20.8 Å². The maximum atomic E-state index is 11.5. The van der Waals surface area contributed by atoms with E-state index in [1.165, 1.54) is 0 Å². The molecule has 1 aromatic heterocycles. The van der Waals surface area contributed by atoms with Crippen LogP contribution in [0.2, 0.25) is 0 Å². The molecule has 20 heavy (non-hydrogen) atoms. The van der Waals surface area contributed by atoms with E-state index >= 15 is 0 Å². The molecule has 2 rings (SSSR count). The Labute approximate surface area is 120 Å². The predicted octanol–water partition coefficient (Wildman–Crippen LogP) is 1.01. The first-order valence-corrected chi connectivity index (χ1v) is 8.85. The van der Waals surface area contributed by atoms with Crippen molar-refractivity contribution in [3.05, 3.63) is 11.4 Å². The minimum Gasteiger partial charge on any atom is -0.370 e. The molecule has 1 saturated heterocycles. The first kappa shape index (κ1) is 15.0. The highest BCUT2D eigenvalue weighted by atomic mass is 32.2. The Morgan fingerprint density at radius 1 is 1.20 bits per heavy atom. The molecule has 0 atom stereocenters. The minimum absolute atomic E-state index is 0.203. The quantitative estimate of drug-likeness (QED) is 0.894. The van der Waals surface area contributed by atoms with E-state index < -0.39 is 9.84 Å². The van der Waals surface area contributed by atoms with Gasteiger partial charge in [-0.25, -0.2) is 18.4 Å². The van der Waals surface area contributed by atoms with Gasteiger partial charge in [-0.3, -0.25) is 0 Å². The van der Waals surface area contributed by atoms with Crippen LogP contribution >= 0.6 is 0 Å². The summed E-state index contributed by atoms with van der Waals surface area (Å²) in [4.78, 5) is 11.1. The number of nitrogens with one attached hydrogen (secondary N) is 1. The second kappa shape index (κ2) is 5.95. The van der Waals surface area contributed by atoms with Crippen LogP contribution < -0.4 is 10.2 Å². The van der Waals surface area contributed by atoms with Crippen LogP contribution in [0.25, 0.3) is 0 Å². The molecular formula is C13H22N4O2S. The smallest absolute Gasteiger partial charge is 0.153 e. The van der Waals surface area contributed by atoms with E-state index in [0.29, 0.717) is 13.1 Å². The van der Waals surface area contributed by atoms with E-state index in [9.17, 15) is 8.42 Å². The molecule has 0 amide bonds. The van der Waals surface area contributed by atoms with E-state index in [2.05, 4.69) is 20.2 Å². The number of nitrogens with zero attached hydrogens (tertiary/aromatic N) is 3. The lowest BCUT2D eigenvalue weighted by molar-refractivity contribution is 0.586. The number of hydrogen-bond donors (Lipinski definition) is 1. The lowest BCUT2D eigenvalue weighted by Gasteiger charge is -2.29. The van der Waals surface area contributed by atoms with Crippen LogP contribution in [0.3, 0.4) is 0 Å². The van der Waals surface area contributed by atoms with Crippen molar-refractivity contribution in [2.75, 3.05) is 41.4 Å². The summed E-state index contributed by atoms with van der Waals surface area (Å²) in [6, 6.07) is 0.